The van der Waals surface area contributed by atoms with Gasteiger partial charge in [0.1, 0.15) is 5.82 Å². The number of nitrogens with zero attached hydrogens (tertiary/aromatic N) is 7. The van der Waals surface area contributed by atoms with Crippen LogP contribution in [0, 0.1) is 58.2 Å². The molecule has 0 aliphatic carbocycles. The molecule has 6 amide bonds. The molecule has 0 atom stereocenters. The zero-order valence-corrected chi connectivity index (χ0v) is 80.3. The van der Waals surface area contributed by atoms with Gasteiger partial charge in [0.25, 0.3) is 23.6 Å². The van der Waals surface area contributed by atoms with Crippen molar-refractivity contribution in [2.24, 2.45) is 29.2 Å². The number of rotatable bonds is 26. The average molecular weight is 1780 g/mol. The fourth-order valence-electron chi connectivity index (χ4n) is 12.2. The number of halogens is 7. The number of carbonyl (C=O) groups is 6. The number of anilines is 2. The summed E-state index contributed by atoms with van der Waals surface area (Å²) in [6.45, 7) is 58.9. The van der Waals surface area contributed by atoms with Gasteiger partial charge in [0.2, 0.25) is 11.8 Å². The Kier molecular flexibility index (Phi) is 54.0. The summed E-state index contributed by atoms with van der Waals surface area (Å²) in [6.07, 6.45) is -0.404. The van der Waals surface area contributed by atoms with Crippen LogP contribution in [0.25, 0.3) is 5.69 Å². The van der Waals surface area contributed by atoms with Crippen molar-refractivity contribution >= 4 is 46.8 Å². The van der Waals surface area contributed by atoms with Crippen LogP contribution < -0.4 is 43.4 Å². The Morgan fingerprint density at radius 2 is 0.898 bits per heavy atom. The number of nitrogens with two attached hydrogens (primary N) is 2. The van der Waals surface area contributed by atoms with Gasteiger partial charge in [-0.3, -0.25) is 48.5 Å². The third-order valence-electron chi connectivity index (χ3n) is 19.0. The van der Waals surface area contributed by atoms with Crippen LogP contribution in [-0.2, 0) is 48.0 Å². The van der Waals surface area contributed by atoms with E-state index in [0.29, 0.717) is 31.7 Å². The maximum atomic E-state index is 13.3. The molecule has 0 bridgehead atoms. The molecule has 0 radical (unpaired) electrons. The highest BCUT2D eigenvalue weighted by Gasteiger charge is 2.36. The third-order valence-corrected chi connectivity index (χ3v) is 19.0. The van der Waals surface area contributed by atoms with Gasteiger partial charge < -0.3 is 52.8 Å². The predicted molar refractivity (Wildman–Crippen MR) is 505 cm³/mol. The summed E-state index contributed by atoms with van der Waals surface area (Å²) in [5, 5.41) is 16.6. The Bertz CT molecular complexity index is 4460. The van der Waals surface area contributed by atoms with Crippen LogP contribution in [0.4, 0.5) is 42.1 Å². The number of hydrogen-bond donors (Lipinski definition) is 8. The lowest BCUT2D eigenvalue weighted by atomic mass is 10.0. The summed E-state index contributed by atoms with van der Waals surface area (Å²) in [7, 11) is 1.50. The Morgan fingerprint density at radius 1 is 0.472 bits per heavy atom. The first-order valence-corrected chi connectivity index (χ1v) is 44.0. The number of piperazine rings is 1. The summed E-state index contributed by atoms with van der Waals surface area (Å²) in [4.78, 5) is 87.4. The van der Waals surface area contributed by atoms with Crippen molar-refractivity contribution < 1.29 is 59.5 Å². The quantitative estimate of drug-likeness (QED) is 0.0234. The van der Waals surface area contributed by atoms with Crippen LogP contribution in [0.2, 0.25) is 0 Å². The lowest BCUT2D eigenvalue weighted by Gasteiger charge is -2.34. The van der Waals surface area contributed by atoms with Crippen molar-refractivity contribution in [3.63, 3.8) is 0 Å². The van der Waals surface area contributed by atoms with E-state index in [1.54, 1.807) is 46.2 Å². The molecule has 28 heteroatoms. The normalized spacial score (nSPS) is 11.9. The number of aryl methyl sites for hydroxylation is 5. The molecule has 1 fully saturated rings. The van der Waals surface area contributed by atoms with Gasteiger partial charge in [-0.1, -0.05) is 125 Å². The second kappa shape index (κ2) is 59.7. The highest BCUT2D eigenvalue weighted by molar-refractivity contribution is 5.97. The Labute approximate surface area is 753 Å². The van der Waals surface area contributed by atoms with Gasteiger partial charge in [-0.05, 0) is 279 Å². The predicted octanol–water partition coefficient (Wildman–Crippen LogP) is 19.4. The monoisotopic (exact) mass is 1780 g/mol. The van der Waals surface area contributed by atoms with Gasteiger partial charge in [0.15, 0.2) is 0 Å². The smallest absolute Gasteiger partial charge is 0.350 e. The minimum Gasteiger partial charge on any atom is -0.350 e. The SMILES string of the molecule is CC(C)Cc1ccncc1.CCN.CCN(CC)Cc1ccc(C(=O)NC(C)C)cc1C(F)(F)F.CCN(CC)Cc1ccc(C(=O)NC(C)C)cc1C(F)(F)F.CCN1CCN(Cc2ccc(NC(=O)C(C)C)cc2C)CC1.CN.Cc1cc(C(=O)NC(C)C)cc(-n2cnc(C)c2)c1.Cc1ccc(F)c(C(=O)NC(C)C)c1.Cc1cccc(NC(=O)C(C)C)c1. The Balaban J connectivity index is 0.000000743. The summed E-state index contributed by atoms with van der Waals surface area (Å²) in [5.41, 5.74) is 19.8. The van der Waals surface area contributed by atoms with Gasteiger partial charge in [0.05, 0.1) is 28.7 Å². The van der Waals surface area contributed by atoms with Crippen molar-refractivity contribution in [1.29, 1.82) is 0 Å². The third kappa shape index (κ3) is 45.9. The van der Waals surface area contributed by atoms with Crippen LogP contribution in [0.15, 0.2) is 152 Å². The number of alkyl halides is 6. The van der Waals surface area contributed by atoms with Crippen molar-refractivity contribution in [1.82, 2.24) is 55.4 Å². The fraction of sp³-hybridized carbons (Fsp3) is 0.495. The number of nitrogens with one attached hydrogen (secondary N) is 6. The summed E-state index contributed by atoms with van der Waals surface area (Å²) >= 11 is 0. The molecular formula is C99H148F7N15O6. The Morgan fingerprint density at radius 3 is 1.29 bits per heavy atom. The molecule has 9 rings (SSSR count). The minimum atomic E-state index is -4.48. The van der Waals surface area contributed by atoms with E-state index in [1.165, 1.54) is 54.1 Å². The van der Waals surface area contributed by atoms with E-state index in [-0.39, 0.29) is 101 Å². The molecular weight excluding hydrogens is 1630 g/mol. The van der Waals surface area contributed by atoms with E-state index in [4.69, 9.17) is 5.73 Å². The largest absolute Gasteiger partial charge is 0.416 e. The maximum absolute atomic E-state index is 13.3. The molecule has 1 aliphatic heterocycles. The molecule has 8 aromatic rings. The molecule has 2 aromatic heterocycles. The number of imidazole rings is 1. The van der Waals surface area contributed by atoms with Gasteiger partial charge >= 0.3 is 12.4 Å². The van der Waals surface area contributed by atoms with Crippen molar-refractivity contribution in [2.45, 2.75) is 236 Å². The Hall–Kier alpha value is -10.2. The molecule has 6 aromatic carbocycles. The minimum absolute atomic E-state index is 0.00911. The number of amides is 6. The van der Waals surface area contributed by atoms with E-state index < -0.39 is 41.1 Å². The maximum Gasteiger partial charge on any atom is 0.416 e. The first-order valence-electron chi connectivity index (χ1n) is 44.0. The molecule has 1 aliphatic rings. The molecule has 3 heterocycles. The summed E-state index contributed by atoms with van der Waals surface area (Å²) < 4.78 is 94.7. The van der Waals surface area contributed by atoms with Crippen LogP contribution in [-0.4, -0.2) is 166 Å². The highest BCUT2D eigenvalue weighted by Crippen LogP contribution is 2.35. The lowest BCUT2D eigenvalue weighted by Crippen LogP contribution is -2.45. The molecule has 0 spiro atoms. The van der Waals surface area contributed by atoms with Gasteiger partial charge in [0, 0.05) is 134 Å². The second-order valence-corrected chi connectivity index (χ2v) is 33.0. The fourth-order valence-corrected chi connectivity index (χ4v) is 12.2. The first-order chi connectivity index (χ1) is 59.6. The molecule has 21 nitrogen and oxygen atoms in total. The number of pyridine rings is 1. The topological polar surface area (TPSA) is 270 Å². The van der Waals surface area contributed by atoms with Gasteiger partial charge in [-0.15, -0.1) is 0 Å². The standard InChI is InChI=1S/C18H29N3O.2C16H23F3N2O.C15H19N3O.C11H14FNO.C11H15NO.C9H13N.C2H7N.CH5N/c1-5-20-8-10-21(11-9-20)13-16-6-7-17(12-15(16)4)19-18(22)14(2)3;2*1-5-21(6-2)10-13-8-7-12(15(22)20-11(3)4)9-14(13)16(17,18)19;1-10(2)17-15(19)13-5-11(3)6-14(7-13)18-8-12(4)16-9-18;1-7(2)13-11(14)9-6-8(3)4-5-10(9)12;1-8(2)11(13)12-10-6-4-5-9(3)7-10;1-8(2)7-9-3-5-10-6-4-9;1-2-3;1-2/h6-7,12,14H,5,8-11,13H2,1-4H3,(H,19,22);2*7-9,11H,5-6,10H2,1-4H3,(H,20,22);5-10H,1-4H3,(H,17,19);4-7H,1-3H3,(H,13,14);4-8H,1-3H3,(H,12,13);3-6,8H,7H2,1-2H3;2-3H2,1H3;2H2,1H3. The zero-order chi connectivity index (χ0) is 96.6. The van der Waals surface area contributed by atoms with E-state index in [2.05, 4.69) is 109 Å². The van der Waals surface area contributed by atoms with Crippen molar-refractivity contribution in [3.8, 4) is 5.69 Å². The lowest BCUT2D eigenvalue weighted by molar-refractivity contribution is -0.139. The van der Waals surface area contributed by atoms with Crippen LogP contribution in [0.1, 0.15) is 241 Å². The van der Waals surface area contributed by atoms with Crippen molar-refractivity contribution in [2.75, 3.05) is 83.1 Å². The number of aromatic nitrogens is 3. The van der Waals surface area contributed by atoms with Crippen LogP contribution in [0.3, 0.4) is 0 Å². The number of benzene rings is 6. The van der Waals surface area contributed by atoms with Gasteiger partial charge in [-0.25, -0.2) is 9.37 Å². The van der Waals surface area contributed by atoms with E-state index >= 15 is 0 Å². The van der Waals surface area contributed by atoms with Crippen LogP contribution >= 0.6 is 0 Å². The molecule has 704 valence electrons. The number of hydrogen-bond acceptors (Lipinski definition) is 14. The zero-order valence-electron chi connectivity index (χ0n) is 80.3. The molecule has 1 saturated heterocycles. The van der Waals surface area contributed by atoms with E-state index in [9.17, 15) is 59.5 Å². The average Bonchev–Trinajstić information content (AvgIpc) is 1.28. The van der Waals surface area contributed by atoms with Crippen LogP contribution in [0.5, 0.6) is 0 Å². The molecule has 0 unspecified atom stereocenters. The van der Waals surface area contributed by atoms with E-state index in [0.717, 1.165) is 110 Å². The second-order valence-electron chi connectivity index (χ2n) is 33.0. The first kappa shape index (κ1) is 115. The molecule has 10 N–H and O–H groups in total. The number of likely N-dealkylation sites (N-methyl/N-ethyl adjacent to an activating group) is 1. The highest BCUT2D eigenvalue weighted by atomic mass is 19.4. The molecule has 127 heavy (non-hydrogen) atoms. The molecule has 0 saturated carbocycles. The summed E-state index contributed by atoms with van der Waals surface area (Å²) in [5.74, 6) is -0.956. The van der Waals surface area contributed by atoms with Crippen molar-refractivity contribution in [3.05, 3.63) is 242 Å². The number of carbonyl (C=O) groups excluding carboxylic acids is 6. The summed E-state index contributed by atoms with van der Waals surface area (Å²) in [6, 6.07) is 36.0. The van der Waals surface area contributed by atoms with Gasteiger partial charge in [-0.2, -0.15) is 26.3 Å². The van der Waals surface area contributed by atoms with E-state index in [1.807, 2.05) is 199 Å².